The number of hydrogen-bond acceptors (Lipinski definition) is 1. The van der Waals surface area contributed by atoms with E-state index >= 15 is 0 Å². The van der Waals surface area contributed by atoms with Gasteiger partial charge in [0.25, 0.3) is 0 Å². The van der Waals surface area contributed by atoms with E-state index in [1.165, 1.54) is 17.6 Å². The molecule has 0 fully saturated rings. The zero-order valence-electron chi connectivity index (χ0n) is 10.3. The number of hydrogen-bond donors (Lipinski definition) is 1. The first kappa shape index (κ1) is 12.3. The van der Waals surface area contributed by atoms with E-state index in [2.05, 4.69) is 31.3 Å². The molecule has 1 aliphatic rings. The van der Waals surface area contributed by atoms with Gasteiger partial charge in [-0.2, -0.15) is 0 Å². The summed E-state index contributed by atoms with van der Waals surface area (Å²) in [6.45, 7) is 5.34. The zero-order valence-corrected chi connectivity index (χ0v) is 11.1. The van der Waals surface area contributed by atoms with Crippen molar-refractivity contribution in [3.63, 3.8) is 0 Å². The molecule has 0 saturated carbocycles. The van der Waals surface area contributed by atoms with Crippen LogP contribution in [-0.2, 0) is 0 Å². The minimum atomic E-state index is 0.655. The van der Waals surface area contributed by atoms with Gasteiger partial charge in [-0.25, -0.2) is 0 Å². The molecule has 2 heteroatoms. The molecule has 0 aliphatic heterocycles. The lowest BCUT2D eigenvalue weighted by atomic mass is 9.92. The van der Waals surface area contributed by atoms with Crippen molar-refractivity contribution in [3.8, 4) is 0 Å². The second-order valence-corrected chi connectivity index (χ2v) is 5.21. The highest BCUT2D eigenvalue weighted by atomic mass is 35.5. The lowest BCUT2D eigenvalue weighted by molar-refractivity contribution is 0.698. The van der Waals surface area contributed by atoms with Crippen LogP contribution >= 0.6 is 11.6 Å². The Bertz CT molecular complexity index is 442. The quantitative estimate of drug-likeness (QED) is 0.819. The Balaban J connectivity index is 1.96. The summed E-state index contributed by atoms with van der Waals surface area (Å²) in [5.41, 5.74) is 3.95. The maximum atomic E-state index is 5.85. The predicted octanol–water partition coefficient (Wildman–Crippen LogP) is 4.66. The largest absolute Gasteiger partial charge is 0.381 e. The summed E-state index contributed by atoms with van der Waals surface area (Å²) < 4.78 is 0. The molecule has 1 aliphatic carbocycles. The topological polar surface area (TPSA) is 12.0 Å². The van der Waals surface area contributed by atoms with Crippen LogP contribution < -0.4 is 5.32 Å². The van der Waals surface area contributed by atoms with Gasteiger partial charge in [0.15, 0.2) is 0 Å². The van der Waals surface area contributed by atoms with Crippen molar-refractivity contribution in [1.29, 1.82) is 0 Å². The Hall–Kier alpha value is -1.21. The van der Waals surface area contributed by atoms with Crippen LogP contribution in [0.1, 0.15) is 20.3 Å². The Morgan fingerprint density at radius 1 is 1.29 bits per heavy atom. The average molecular weight is 248 g/mol. The van der Waals surface area contributed by atoms with E-state index in [0.717, 1.165) is 17.3 Å². The molecule has 0 spiro atoms. The van der Waals surface area contributed by atoms with Crippen molar-refractivity contribution in [2.24, 2.45) is 5.92 Å². The third kappa shape index (κ3) is 3.64. The summed E-state index contributed by atoms with van der Waals surface area (Å²) in [5, 5.41) is 4.19. The third-order valence-electron chi connectivity index (χ3n) is 2.92. The highest BCUT2D eigenvalue weighted by Gasteiger charge is 2.08. The van der Waals surface area contributed by atoms with E-state index in [-0.39, 0.29) is 0 Å². The van der Waals surface area contributed by atoms with E-state index in [4.69, 9.17) is 11.6 Å². The van der Waals surface area contributed by atoms with E-state index in [1.54, 1.807) is 0 Å². The van der Waals surface area contributed by atoms with E-state index in [0.29, 0.717) is 5.92 Å². The number of rotatable bonds is 3. The van der Waals surface area contributed by atoms with Gasteiger partial charge in [-0.05, 0) is 49.1 Å². The van der Waals surface area contributed by atoms with Gasteiger partial charge in [-0.3, -0.25) is 0 Å². The number of allylic oxidation sites excluding steroid dienone is 2. The van der Waals surface area contributed by atoms with Crippen LogP contribution in [0.25, 0.3) is 0 Å². The lowest BCUT2D eigenvalue weighted by Gasteiger charge is -2.17. The van der Waals surface area contributed by atoms with Crippen molar-refractivity contribution in [2.75, 3.05) is 11.9 Å². The van der Waals surface area contributed by atoms with Crippen molar-refractivity contribution in [2.45, 2.75) is 20.3 Å². The molecular weight excluding hydrogens is 230 g/mol. The fourth-order valence-corrected chi connectivity index (χ4v) is 2.36. The number of halogens is 1. The first-order valence-corrected chi connectivity index (χ1v) is 6.38. The van der Waals surface area contributed by atoms with Crippen LogP contribution in [-0.4, -0.2) is 6.54 Å². The normalized spacial score (nSPS) is 19.6. The van der Waals surface area contributed by atoms with Gasteiger partial charge in [0.2, 0.25) is 0 Å². The molecule has 2 rings (SSSR count). The van der Waals surface area contributed by atoms with Crippen LogP contribution in [0.2, 0.25) is 5.02 Å². The molecule has 1 aromatic rings. The van der Waals surface area contributed by atoms with Crippen molar-refractivity contribution in [1.82, 2.24) is 0 Å². The number of nitrogens with one attached hydrogen (secondary N) is 1. The molecule has 1 N–H and O–H groups in total. The first-order valence-electron chi connectivity index (χ1n) is 6.01. The lowest BCUT2D eigenvalue weighted by Crippen LogP contribution is -2.08. The molecule has 0 heterocycles. The monoisotopic (exact) mass is 247 g/mol. The van der Waals surface area contributed by atoms with Gasteiger partial charge in [0, 0.05) is 17.3 Å². The van der Waals surface area contributed by atoms with Gasteiger partial charge in [-0.1, -0.05) is 36.2 Å². The van der Waals surface area contributed by atoms with E-state index in [9.17, 15) is 0 Å². The highest BCUT2D eigenvalue weighted by molar-refractivity contribution is 6.30. The summed E-state index contributed by atoms with van der Waals surface area (Å²) in [5.74, 6) is 0.655. The Labute approximate surface area is 108 Å². The van der Waals surface area contributed by atoms with Gasteiger partial charge >= 0.3 is 0 Å². The summed E-state index contributed by atoms with van der Waals surface area (Å²) in [7, 11) is 0. The fraction of sp³-hybridized carbons (Fsp3) is 0.333. The average Bonchev–Trinajstić information content (AvgIpc) is 2.27. The zero-order chi connectivity index (χ0) is 12.3. The first-order chi connectivity index (χ1) is 8.13. The molecule has 0 saturated heterocycles. The summed E-state index contributed by atoms with van der Waals surface area (Å²) in [6, 6.07) is 7.82. The Morgan fingerprint density at radius 3 is 2.65 bits per heavy atom. The van der Waals surface area contributed by atoms with Crippen LogP contribution in [0.3, 0.4) is 0 Å². The molecule has 17 heavy (non-hydrogen) atoms. The molecule has 0 amide bonds. The molecule has 0 radical (unpaired) electrons. The summed E-state index contributed by atoms with van der Waals surface area (Å²) in [4.78, 5) is 0. The van der Waals surface area contributed by atoms with Crippen molar-refractivity contribution < 1.29 is 0 Å². The Morgan fingerprint density at radius 2 is 2.00 bits per heavy atom. The van der Waals surface area contributed by atoms with Crippen LogP contribution in [0.15, 0.2) is 47.6 Å². The van der Waals surface area contributed by atoms with Crippen molar-refractivity contribution >= 4 is 17.3 Å². The molecule has 1 aromatic carbocycles. The molecule has 0 bridgehead atoms. The molecule has 0 aromatic heterocycles. The van der Waals surface area contributed by atoms with Crippen LogP contribution in [0, 0.1) is 5.92 Å². The molecule has 1 atom stereocenters. The van der Waals surface area contributed by atoms with Gasteiger partial charge < -0.3 is 5.32 Å². The maximum Gasteiger partial charge on any atom is 0.0407 e. The predicted molar refractivity (Wildman–Crippen MR) is 75.6 cm³/mol. The summed E-state index contributed by atoms with van der Waals surface area (Å²) >= 11 is 5.85. The van der Waals surface area contributed by atoms with Gasteiger partial charge in [-0.15, -0.1) is 0 Å². The second-order valence-electron chi connectivity index (χ2n) is 4.77. The van der Waals surface area contributed by atoms with E-state index in [1.807, 2.05) is 24.3 Å². The molecule has 1 nitrogen and oxygen atoms in total. The summed E-state index contributed by atoms with van der Waals surface area (Å²) in [6.07, 6.45) is 5.81. The second kappa shape index (κ2) is 5.42. The highest BCUT2D eigenvalue weighted by Crippen LogP contribution is 2.22. The number of benzene rings is 1. The standard InChI is InChI=1S/C15H18ClN/c1-11-7-12(2)9-13(8-11)10-17-15-5-3-14(16)4-6-15/h3-6,8-9,11,17H,7,10H2,1-2H3. The minimum absolute atomic E-state index is 0.655. The molecular formula is C15H18ClN. The van der Waals surface area contributed by atoms with Crippen molar-refractivity contribution in [3.05, 3.63) is 52.6 Å². The van der Waals surface area contributed by atoms with Crippen LogP contribution in [0.4, 0.5) is 5.69 Å². The van der Waals surface area contributed by atoms with Gasteiger partial charge in [0.1, 0.15) is 0 Å². The Kier molecular flexibility index (Phi) is 3.90. The van der Waals surface area contributed by atoms with E-state index < -0.39 is 0 Å². The van der Waals surface area contributed by atoms with Gasteiger partial charge in [0.05, 0.1) is 0 Å². The third-order valence-corrected chi connectivity index (χ3v) is 3.17. The SMILES string of the molecule is CC1=CC(CNc2ccc(Cl)cc2)=CC(C)C1. The molecule has 1 unspecified atom stereocenters. The molecule has 90 valence electrons. The number of anilines is 1. The van der Waals surface area contributed by atoms with Crippen LogP contribution in [0.5, 0.6) is 0 Å². The fourth-order valence-electron chi connectivity index (χ4n) is 2.24. The maximum absolute atomic E-state index is 5.85. The smallest absolute Gasteiger partial charge is 0.0407 e. The minimum Gasteiger partial charge on any atom is -0.381 e.